The molecular formula is C19H23NO2. The molecule has 1 aromatic carbocycles. The number of aromatic hydroxyl groups is 1. The molecule has 1 aliphatic carbocycles. The van der Waals surface area contributed by atoms with Crippen molar-refractivity contribution < 1.29 is 9.52 Å². The molecule has 0 spiro atoms. The van der Waals surface area contributed by atoms with E-state index in [1.807, 2.05) is 12.1 Å². The molecule has 4 heterocycles. The van der Waals surface area contributed by atoms with Gasteiger partial charge in [-0.3, -0.25) is 4.90 Å². The molecule has 1 N–H and O–H groups in total. The van der Waals surface area contributed by atoms with E-state index in [9.17, 15) is 5.11 Å². The van der Waals surface area contributed by atoms with Crippen molar-refractivity contribution in [2.75, 3.05) is 6.54 Å². The number of phenolic OH excluding ortho intramolecular Hbond substituents is 1. The third-order valence-corrected chi connectivity index (χ3v) is 6.34. The fourth-order valence-electron chi connectivity index (χ4n) is 5.34. The van der Waals surface area contributed by atoms with Crippen molar-refractivity contribution in [2.24, 2.45) is 5.92 Å². The molecule has 3 aliphatic heterocycles. The normalized spacial score (nSPS) is 36.3. The van der Waals surface area contributed by atoms with Crippen molar-refractivity contribution in [1.29, 1.82) is 0 Å². The number of benzene rings is 1. The Hall–Kier alpha value is -1.48. The Balaban J connectivity index is 1.73. The lowest BCUT2D eigenvalue weighted by molar-refractivity contribution is -0.00184. The summed E-state index contributed by atoms with van der Waals surface area (Å²) in [5, 5.41) is 11.0. The van der Waals surface area contributed by atoms with Crippen LogP contribution in [-0.2, 0) is 6.42 Å². The maximum atomic E-state index is 9.88. The molecule has 3 fully saturated rings. The summed E-state index contributed by atoms with van der Waals surface area (Å²) in [6.07, 6.45) is 6.28. The molecule has 4 bridgehead atoms. The van der Waals surface area contributed by atoms with E-state index >= 15 is 0 Å². The number of phenols is 1. The van der Waals surface area contributed by atoms with E-state index in [0.29, 0.717) is 23.8 Å². The standard InChI is InChI=1S/C19H23NO2/c1-2-12-8-15-14-9-13(21)4-6-18(14)22-19(15)16-7-11-3-5-17(16)20(12)10-11/h4,6,9,11-12,16-17,21H,2-3,5,7-8,10H2,1H3/t11?,12-,16?,17?/m0/s1. The second kappa shape index (κ2) is 4.51. The lowest BCUT2D eigenvalue weighted by Crippen LogP contribution is -2.55. The summed E-state index contributed by atoms with van der Waals surface area (Å²) in [7, 11) is 0. The van der Waals surface area contributed by atoms with Crippen molar-refractivity contribution >= 4 is 11.0 Å². The Labute approximate surface area is 130 Å². The molecule has 0 radical (unpaired) electrons. The summed E-state index contributed by atoms with van der Waals surface area (Å²) in [4.78, 5) is 2.78. The van der Waals surface area contributed by atoms with Gasteiger partial charge < -0.3 is 9.52 Å². The van der Waals surface area contributed by atoms with E-state index in [4.69, 9.17) is 4.42 Å². The van der Waals surface area contributed by atoms with E-state index in [2.05, 4.69) is 11.8 Å². The van der Waals surface area contributed by atoms with Gasteiger partial charge >= 0.3 is 0 Å². The number of piperidine rings is 2. The van der Waals surface area contributed by atoms with Crippen LogP contribution in [0.15, 0.2) is 22.6 Å². The topological polar surface area (TPSA) is 36.6 Å². The monoisotopic (exact) mass is 297 g/mol. The zero-order chi connectivity index (χ0) is 14.8. The molecule has 4 unspecified atom stereocenters. The third-order valence-electron chi connectivity index (χ3n) is 6.34. The highest BCUT2D eigenvalue weighted by molar-refractivity contribution is 5.84. The van der Waals surface area contributed by atoms with Gasteiger partial charge in [-0.1, -0.05) is 6.92 Å². The van der Waals surface area contributed by atoms with Gasteiger partial charge in [-0.15, -0.1) is 0 Å². The zero-order valence-corrected chi connectivity index (χ0v) is 13.1. The summed E-state index contributed by atoms with van der Waals surface area (Å²) < 4.78 is 6.32. The molecule has 5 atom stereocenters. The van der Waals surface area contributed by atoms with Gasteiger partial charge in [0, 0.05) is 35.5 Å². The highest BCUT2D eigenvalue weighted by Crippen LogP contribution is 2.50. The molecule has 22 heavy (non-hydrogen) atoms. The van der Waals surface area contributed by atoms with Crippen LogP contribution in [0.5, 0.6) is 5.75 Å². The molecule has 116 valence electrons. The minimum Gasteiger partial charge on any atom is -0.508 e. The zero-order valence-electron chi connectivity index (χ0n) is 13.1. The van der Waals surface area contributed by atoms with Crippen LogP contribution in [0.3, 0.4) is 0 Å². The van der Waals surface area contributed by atoms with E-state index in [1.165, 1.54) is 43.6 Å². The van der Waals surface area contributed by atoms with Crippen LogP contribution >= 0.6 is 0 Å². The minimum atomic E-state index is 0.346. The van der Waals surface area contributed by atoms with Crippen molar-refractivity contribution in [1.82, 2.24) is 4.90 Å². The Morgan fingerprint density at radius 2 is 2.23 bits per heavy atom. The second-order valence-corrected chi connectivity index (χ2v) is 7.44. The first-order chi connectivity index (χ1) is 10.7. The first-order valence-electron chi connectivity index (χ1n) is 8.74. The quantitative estimate of drug-likeness (QED) is 0.863. The molecular weight excluding hydrogens is 274 g/mol. The maximum absolute atomic E-state index is 9.88. The van der Waals surface area contributed by atoms with Crippen LogP contribution < -0.4 is 0 Å². The van der Waals surface area contributed by atoms with E-state index in [0.717, 1.165) is 23.3 Å². The van der Waals surface area contributed by atoms with Crippen molar-refractivity contribution in [3.8, 4) is 5.75 Å². The van der Waals surface area contributed by atoms with Gasteiger partial charge in [-0.05, 0) is 56.2 Å². The Morgan fingerprint density at radius 3 is 3.05 bits per heavy atom. The summed E-state index contributed by atoms with van der Waals surface area (Å²) in [6, 6.07) is 6.86. The summed E-state index contributed by atoms with van der Waals surface area (Å²) in [5.74, 6) is 2.99. The van der Waals surface area contributed by atoms with Crippen LogP contribution in [0.25, 0.3) is 11.0 Å². The number of rotatable bonds is 1. The average molecular weight is 297 g/mol. The van der Waals surface area contributed by atoms with Gasteiger partial charge in [0.25, 0.3) is 0 Å². The van der Waals surface area contributed by atoms with Crippen LogP contribution in [-0.4, -0.2) is 28.6 Å². The van der Waals surface area contributed by atoms with Crippen molar-refractivity contribution in [2.45, 2.75) is 57.0 Å². The molecule has 4 aliphatic rings. The summed E-state index contributed by atoms with van der Waals surface area (Å²) in [5.41, 5.74) is 2.32. The molecule has 3 heteroatoms. The average Bonchev–Trinajstić information content (AvgIpc) is 2.86. The van der Waals surface area contributed by atoms with E-state index in [-0.39, 0.29) is 0 Å². The van der Waals surface area contributed by atoms with E-state index in [1.54, 1.807) is 6.07 Å². The summed E-state index contributed by atoms with van der Waals surface area (Å²) >= 11 is 0. The fraction of sp³-hybridized carbons (Fsp3) is 0.579. The first-order valence-corrected chi connectivity index (χ1v) is 8.74. The Kier molecular flexibility index (Phi) is 2.67. The second-order valence-electron chi connectivity index (χ2n) is 7.44. The Bertz CT molecular complexity index is 734. The van der Waals surface area contributed by atoms with Crippen molar-refractivity contribution in [3.05, 3.63) is 29.5 Å². The van der Waals surface area contributed by atoms with Crippen LogP contribution in [0, 0.1) is 5.92 Å². The van der Waals surface area contributed by atoms with Gasteiger partial charge in [0.05, 0.1) is 0 Å². The lowest BCUT2D eigenvalue weighted by Gasteiger charge is -2.51. The fourth-order valence-corrected chi connectivity index (χ4v) is 5.34. The Morgan fingerprint density at radius 1 is 1.32 bits per heavy atom. The molecule has 6 rings (SSSR count). The van der Waals surface area contributed by atoms with Gasteiger partial charge in [-0.2, -0.15) is 0 Å². The van der Waals surface area contributed by atoms with Crippen LogP contribution in [0.4, 0.5) is 0 Å². The van der Waals surface area contributed by atoms with Crippen LogP contribution in [0.1, 0.15) is 49.8 Å². The first kappa shape index (κ1) is 13.0. The number of hydrogen-bond acceptors (Lipinski definition) is 3. The van der Waals surface area contributed by atoms with Gasteiger partial charge in [0.2, 0.25) is 0 Å². The van der Waals surface area contributed by atoms with E-state index < -0.39 is 0 Å². The molecule has 2 aromatic rings. The maximum Gasteiger partial charge on any atom is 0.134 e. The molecule has 2 saturated heterocycles. The lowest BCUT2D eigenvalue weighted by atomic mass is 9.71. The largest absolute Gasteiger partial charge is 0.508 e. The van der Waals surface area contributed by atoms with Gasteiger partial charge in [0.15, 0.2) is 0 Å². The number of nitrogens with zero attached hydrogens (tertiary/aromatic N) is 1. The van der Waals surface area contributed by atoms with Gasteiger partial charge in [-0.25, -0.2) is 0 Å². The molecule has 3 nitrogen and oxygen atoms in total. The molecule has 1 aromatic heterocycles. The SMILES string of the molecule is CC[C@H]1Cc2c(oc3ccc(O)cc23)C2CC3CCC2N1C3. The number of furan rings is 1. The third kappa shape index (κ3) is 1.66. The predicted octanol–water partition coefficient (Wildman–Crippen LogP) is 4.04. The predicted molar refractivity (Wildman–Crippen MR) is 86.2 cm³/mol. The molecule has 1 saturated carbocycles. The van der Waals surface area contributed by atoms with Crippen LogP contribution in [0.2, 0.25) is 0 Å². The highest BCUT2D eigenvalue weighted by Gasteiger charge is 2.47. The number of hydrogen-bond donors (Lipinski definition) is 1. The number of fused-ring (bicyclic) bond motifs is 4. The molecule has 0 amide bonds. The summed E-state index contributed by atoms with van der Waals surface area (Å²) in [6.45, 7) is 3.60. The smallest absolute Gasteiger partial charge is 0.134 e. The highest BCUT2D eigenvalue weighted by atomic mass is 16.3. The van der Waals surface area contributed by atoms with Crippen molar-refractivity contribution in [3.63, 3.8) is 0 Å². The minimum absolute atomic E-state index is 0.346. The van der Waals surface area contributed by atoms with Gasteiger partial charge in [0.1, 0.15) is 17.1 Å².